The topological polar surface area (TPSA) is 107 Å². The predicted molar refractivity (Wildman–Crippen MR) is 110 cm³/mol. The third kappa shape index (κ3) is 13.3. The average molecular weight is 407 g/mol. The largest absolute Gasteiger partial charge is 0.506 e. The van der Waals surface area contributed by atoms with Gasteiger partial charge in [0.2, 0.25) is 0 Å². The Labute approximate surface area is 170 Å². The lowest BCUT2D eigenvalue weighted by atomic mass is 10.0. The van der Waals surface area contributed by atoms with Crippen LogP contribution in [0.5, 0.6) is 0 Å². The number of hydrogen-bond acceptors (Lipinski definition) is 5. The van der Waals surface area contributed by atoms with Gasteiger partial charge in [0.15, 0.2) is 0 Å². The second-order valence-electron chi connectivity index (χ2n) is 7.94. The van der Waals surface area contributed by atoms with E-state index >= 15 is 0 Å². The molecule has 0 aliphatic rings. The number of unbranched alkanes of at least 4 members (excludes halogenated alkanes) is 4. The normalized spacial score (nSPS) is 14.0. The van der Waals surface area contributed by atoms with Crippen molar-refractivity contribution in [2.45, 2.75) is 90.3 Å². The summed E-state index contributed by atoms with van der Waals surface area (Å²) in [4.78, 5) is 10.9. The zero-order valence-electron chi connectivity index (χ0n) is 18.0. The van der Waals surface area contributed by atoms with E-state index in [4.69, 9.17) is 9.84 Å². The van der Waals surface area contributed by atoms with Crippen molar-refractivity contribution in [2.75, 3.05) is 39.4 Å². The maximum absolute atomic E-state index is 10.9. The highest BCUT2D eigenvalue weighted by atomic mass is 16.7. The number of rotatable bonds is 19. The second-order valence-corrected chi connectivity index (χ2v) is 7.94. The van der Waals surface area contributed by atoms with Crippen molar-refractivity contribution in [1.29, 1.82) is 0 Å². The molecule has 0 bridgehead atoms. The molecule has 2 atom stereocenters. The Bertz CT molecular complexity index is 374. The van der Waals surface area contributed by atoms with Crippen LogP contribution in [0.1, 0.15) is 78.1 Å². The summed E-state index contributed by atoms with van der Waals surface area (Å²) in [5, 5.41) is 38.4. The molecule has 0 saturated heterocycles. The van der Waals surface area contributed by atoms with Gasteiger partial charge < -0.3 is 29.6 Å². The van der Waals surface area contributed by atoms with Gasteiger partial charge >= 0.3 is 6.16 Å². The molecule has 0 saturated carbocycles. The van der Waals surface area contributed by atoms with E-state index in [9.17, 15) is 20.1 Å². The first-order valence-corrected chi connectivity index (χ1v) is 11.1. The molecular formula is C21H44NO6+. The molecule has 0 rings (SSSR count). The van der Waals surface area contributed by atoms with Gasteiger partial charge in [0.25, 0.3) is 0 Å². The lowest BCUT2D eigenvalue weighted by Crippen LogP contribution is -2.55. The molecule has 28 heavy (non-hydrogen) atoms. The minimum absolute atomic E-state index is 0.0305. The van der Waals surface area contributed by atoms with E-state index in [0.717, 1.165) is 51.5 Å². The standard InChI is InChI=1S/C21H43NO6/c1-3-5-7-8-11-20(28-21(26)27)12-9-10-19(25)18-22(14-16-23,15-17-24)13-6-4-2/h19-20,23-25H,3-18H2,1-2H3/p+1. The Morgan fingerprint density at radius 2 is 1.46 bits per heavy atom. The van der Waals surface area contributed by atoms with Crippen LogP contribution in [0.15, 0.2) is 0 Å². The monoisotopic (exact) mass is 406 g/mol. The van der Waals surface area contributed by atoms with Gasteiger partial charge in [-0.15, -0.1) is 0 Å². The van der Waals surface area contributed by atoms with Gasteiger partial charge in [-0.25, -0.2) is 4.79 Å². The van der Waals surface area contributed by atoms with E-state index in [1.165, 1.54) is 0 Å². The number of aliphatic hydroxyl groups is 3. The first-order valence-electron chi connectivity index (χ1n) is 11.1. The summed E-state index contributed by atoms with van der Waals surface area (Å²) in [5.74, 6) is 0. The molecule has 0 aliphatic carbocycles. The molecule has 0 amide bonds. The Kier molecular flexibility index (Phi) is 16.5. The number of nitrogens with zero attached hydrogens (tertiary/aromatic N) is 1. The average Bonchev–Trinajstić information content (AvgIpc) is 2.63. The summed E-state index contributed by atoms with van der Waals surface area (Å²) in [6, 6.07) is 0. The fraction of sp³-hybridized carbons (Fsp3) is 0.952. The van der Waals surface area contributed by atoms with Crippen molar-refractivity contribution < 1.29 is 34.4 Å². The number of carbonyl (C=O) groups is 1. The molecule has 0 radical (unpaired) electrons. The molecule has 0 aromatic carbocycles. The fourth-order valence-corrected chi connectivity index (χ4v) is 3.85. The van der Waals surface area contributed by atoms with Crippen LogP contribution in [0.4, 0.5) is 4.79 Å². The highest BCUT2D eigenvalue weighted by Crippen LogP contribution is 2.18. The van der Waals surface area contributed by atoms with E-state index in [-0.39, 0.29) is 19.3 Å². The van der Waals surface area contributed by atoms with Crippen LogP contribution in [0.3, 0.4) is 0 Å². The lowest BCUT2D eigenvalue weighted by Gasteiger charge is -2.39. The van der Waals surface area contributed by atoms with E-state index in [1.54, 1.807) is 0 Å². The van der Waals surface area contributed by atoms with Crippen LogP contribution >= 0.6 is 0 Å². The predicted octanol–water partition coefficient (Wildman–Crippen LogP) is 3.15. The van der Waals surface area contributed by atoms with Gasteiger partial charge in [0, 0.05) is 0 Å². The Balaban J connectivity index is 4.53. The maximum atomic E-state index is 10.9. The van der Waals surface area contributed by atoms with Crippen LogP contribution in [0, 0.1) is 0 Å². The van der Waals surface area contributed by atoms with Crippen LogP contribution in [0.25, 0.3) is 0 Å². The lowest BCUT2D eigenvalue weighted by molar-refractivity contribution is -0.931. The molecule has 0 fully saturated rings. The van der Waals surface area contributed by atoms with E-state index in [1.807, 2.05) is 0 Å². The fourth-order valence-electron chi connectivity index (χ4n) is 3.85. The zero-order chi connectivity index (χ0) is 21.3. The molecule has 4 N–H and O–H groups in total. The van der Waals surface area contributed by atoms with Crippen LogP contribution in [0.2, 0.25) is 0 Å². The van der Waals surface area contributed by atoms with Crippen molar-refractivity contribution in [3.63, 3.8) is 0 Å². The summed E-state index contributed by atoms with van der Waals surface area (Å²) < 4.78 is 5.53. The Morgan fingerprint density at radius 3 is 2.00 bits per heavy atom. The smallest absolute Gasteiger partial charge is 0.450 e. The van der Waals surface area contributed by atoms with Gasteiger partial charge in [0.1, 0.15) is 31.8 Å². The van der Waals surface area contributed by atoms with Crippen molar-refractivity contribution >= 4 is 6.16 Å². The van der Waals surface area contributed by atoms with Crippen LogP contribution < -0.4 is 0 Å². The first-order chi connectivity index (χ1) is 13.4. The number of aliphatic hydroxyl groups excluding tert-OH is 3. The molecule has 0 aliphatic heterocycles. The summed E-state index contributed by atoms with van der Waals surface area (Å²) in [6.07, 6.45) is 6.85. The van der Waals surface area contributed by atoms with Crippen LogP contribution in [-0.4, -0.2) is 82.7 Å². The maximum Gasteiger partial charge on any atom is 0.506 e. The highest BCUT2D eigenvalue weighted by Gasteiger charge is 2.29. The zero-order valence-corrected chi connectivity index (χ0v) is 18.0. The van der Waals surface area contributed by atoms with Gasteiger partial charge in [-0.05, 0) is 38.5 Å². The van der Waals surface area contributed by atoms with Crippen molar-refractivity contribution in [2.24, 2.45) is 0 Å². The Hall–Kier alpha value is -0.890. The summed E-state index contributed by atoms with van der Waals surface area (Å²) in [5.41, 5.74) is 0. The number of carboxylic acid groups (broad SMARTS) is 1. The van der Waals surface area contributed by atoms with Gasteiger partial charge in [0.05, 0.1) is 19.8 Å². The third-order valence-electron chi connectivity index (χ3n) is 5.44. The van der Waals surface area contributed by atoms with Crippen molar-refractivity contribution in [1.82, 2.24) is 0 Å². The molecule has 7 nitrogen and oxygen atoms in total. The van der Waals surface area contributed by atoms with E-state index in [2.05, 4.69) is 13.8 Å². The quantitative estimate of drug-likeness (QED) is 0.149. The molecule has 2 unspecified atom stereocenters. The SMILES string of the molecule is CCCCCCC(CCCC(O)C[N+](CCO)(CCO)CCCC)OC(=O)O. The van der Waals surface area contributed by atoms with Gasteiger partial charge in [-0.1, -0.05) is 39.5 Å². The van der Waals surface area contributed by atoms with Crippen LogP contribution in [-0.2, 0) is 4.74 Å². The van der Waals surface area contributed by atoms with Crippen molar-refractivity contribution in [3.8, 4) is 0 Å². The molecular weight excluding hydrogens is 362 g/mol. The molecule has 0 aromatic heterocycles. The molecule has 0 heterocycles. The van der Waals surface area contributed by atoms with E-state index in [0.29, 0.717) is 43.4 Å². The highest BCUT2D eigenvalue weighted by molar-refractivity contribution is 5.57. The van der Waals surface area contributed by atoms with Crippen molar-refractivity contribution in [3.05, 3.63) is 0 Å². The van der Waals surface area contributed by atoms with E-state index < -0.39 is 12.3 Å². The first kappa shape index (κ1) is 27.1. The summed E-state index contributed by atoms with van der Waals surface area (Å²) in [7, 11) is 0. The van der Waals surface area contributed by atoms with Gasteiger partial charge in [-0.3, -0.25) is 0 Å². The Morgan fingerprint density at radius 1 is 0.857 bits per heavy atom. The number of quaternary nitrogens is 1. The number of ether oxygens (including phenoxy) is 1. The molecule has 0 spiro atoms. The minimum atomic E-state index is -1.23. The third-order valence-corrected chi connectivity index (χ3v) is 5.44. The second kappa shape index (κ2) is 17.0. The minimum Gasteiger partial charge on any atom is -0.450 e. The summed E-state index contributed by atoms with van der Waals surface area (Å²) in [6.45, 7) is 6.69. The molecule has 7 heteroatoms. The summed E-state index contributed by atoms with van der Waals surface area (Å²) >= 11 is 0. The molecule has 0 aromatic rings. The number of hydrogen-bond donors (Lipinski definition) is 4. The molecule has 168 valence electrons. The van der Waals surface area contributed by atoms with Gasteiger partial charge in [-0.2, -0.15) is 0 Å².